The molecule has 6 nitrogen and oxygen atoms in total. The number of aryl methyl sites for hydroxylation is 1. The van der Waals surface area contributed by atoms with Gasteiger partial charge in [-0.2, -0.15) is 5.10 Å². The Morgan fingerprint density at radius 3 is 3.04 bits per heavy atom. The topological polar surface area (TPSA) is 59.7 Å². The van der Waals surface area contributed by atoms with Gasteiger partial charge in [-0.05, 0) is 24.6 Å². The molecule has 0 N–H and O–H groups in total. The maximum absolute atomic E-state index is 12.7. The molecule has 2 aromatic heterocycles. The number of fused-ring (bicyclic) bond motifs is 3. The first kappa shape index (κ1) is 15.6. The molecule has 6 heteroatoms. The summed E-state index contributed by atoms with van der Waals surface area (Å²) in [6.07, 6.45) is 3.04. The molecule has 1 aliphatic heterocycles. The summed E-state index contributed by atoms with van der Waals surface area (Å²) in [4.78, 5) is 19.0. The first-order valence-corrected chi connectivity index (χ1v) is 8.38. The second kappa shape index (κ2) is 6.20. The highest BCUT2D eigenvalue weighted by Crippen LogP contribution is 2.21. The Kier molecular flexibility index (Phi) is 3.87. The second-order valence-corrected chi connectivity index (χ2v) is 6.38. The summed E-state index contributed by atoms with van der Waals surface area (Å²) < 4.78 is 7.14. The van der Waals surface area contributed by atoms with Crippen LogP contribution in [0, 0.1) is 6.92 Å². The molecule has 0 atom stereocenters. The fraction of sp³-hybridized carbons (Fsp3) is 0.316. The van der Waals surface area contributed by atoms with Crippen molar-refractivity contribution < 1.29 is 9.53 Å². The number of amides is 1. The molecule has 1 aromatic carbocycles. The maximum Gasteiger partial charge on any atom is 0.227 e. The molecule has 0 saturated carbocycles. The maximum atomic E-state index is 12.7. The molecular formula is C19H20N4O2. The van der Waals surface area contributed by atoms with Crippen molar-refractivity contribution in [1.82, 2.24) is 19.5 Å². The van der Waals surface area contributed by atoms with E-state index < -0.39 is 0 Å². The standard InChI is InChI=1S/C19H20N4O2/c1-13-8-18-20-11-15-12-22(7-6-17(15)23(18)21-13)19(24)10-14-4-3-5-16(9-14)25-2/h3-5,8-9,11H,6-7,10,12H2,1-2H3. The number of carbonyl (C=O) groups excluding carboxylic acids is 1. The minimum absolute atomic E-state index is 0.121. The zero-order chi connectivity index (χ0) is 17.4. The van der Waals surface area contributed by atoms with Crippen LogP contribution in [0.2, 0.25) is 0 Å². The molecule has 0 aliphatic carbocycles. The Bertz CT molecular complexity index is 948. The Balaban J connectivity index is 1.53. The van der Waals surface area contributed by atoms with Crippen LogP contribution in [0.4, 0.5) is 0 Å². The van der Waals surface area contributed by atoms with E-state index in [9.17, 15) is 4.79 Å². The van der Waals surface area contributed by atoms with Gasteiger partial charge in [0, 0.05) is 37.3 Å². The second-order valence-electron chi connectivity index (χ2n) is 6.38. The molecule has 3 heterocycles. The van der Waals surface area contributed by atoms with Gasteiger partial charge < -0.3 is 9.64 Å². The van der Waals surface area contributed by atoms with Crippen LogP contribution >= 0.6 is 0 Å². The molecule has 1 aliphatic rings. The van der Waals surface area contributed by atoms with Gasteiger partial charge in [-0.25, -0.2) is 9.50 Å². The number of aromatic nitrogens is 3. The number of hydrogen-bond donors (Lipinski definition) is 0. The summed E-state index contributed by atoms with van der Waals surface area (Å²) in [5.41, 5.74) is 5.01. The number of methoxy groups -OCH3 is 1. The van der Waals surface area contributed by atoms with Crippen molar-refractivity contribution in [2.45, 2.75) is 26.3 Å². The number of ether oxygens (including phenoxy) is 1. The lowest BCUT2D eigenvalue weighted by atomic mass is 10.1. The third kappa shape index (κ3) is 2.95. The Morgan fingerprint density at radius 1 is 1.32 bits per heavy atom. The highest BCUT2D eigenvalue weighted by Gasteiger charge is 2.23. The van der Waals surface area contributed by atoms with Gasteiger partial charge in [-0.3, -0.25) is 4.79 Å². The first-order chi connectivity index (χ1) is 12.1. The average molecular weight is 336 g/mol. The lowest BCUT2D eigenvalue weighted by molar-refractivity contribution is -0.131. The van der Waals surface area contributed by atoms with Crippen LogP contribution in [0.3, 0.4) is 0 Å². The summed E-state index contributed by atoms with van der Waals surface area (Å²) in [5.74, 6) is 0.894. The van der Waals surface area contributed by atoms with Crippen molar-refractivity contribution in [2.75, 3.05) is 13.7 Å². The van der Waals surface area contributed by atoms with E-state index in [4.69, 9.17) is 4.74 Å². The van der Waals surface area contributed by atoms with E-state index in [1.165, 1.54) is 0 Å². The minimum Gasteiger partial charge on any atom is -0.497 e. The Morgan fingerprint density at radius 2 is 2.20 bits per heavy atom. The van der Waals surface area contributed by atoms with Gasteiger partial charge >= 0.3 is 0 Å². The predicted molar refractivity (Wildman–Crippen MR) is 93.5 cm³/mol. The number of rotatable bonds is 3. The molecule has 0 radical (unpaired) electrons. The molecular weight excluding hydrogens is 316 g/mol. The van der Waals surface area contributed by atoms with Gasteiger partial charge in [-0.1, -0.05) is 12.1 Å². The van der Waals surface area contributed by atoms with Crippen LogP contribution in [0.25, 0.3) is 5.65 Å². The molecule has 0 unspecified atom stereocenters. The van der Waals surface area contributed by atoms with E-state index in [1.54, 1.807) is 7.11 Å². The van der Waals surface area contributed by atoms with Crippen molar-refractivity contribution in [3.05, 3.63) is 59.0 Å². The largest absolute Gasteiger partial charge is 0.497 e. The quantitative estimate of drug-likeness (QED) is 0.735. The normalized spacial score (nSPS) is 13.8. The Hall–Kier alpha value is -2.89. The average Bonchev–Trinajstić information content (AvgIpc) is 3.02. The number of benzene rings is 1. The Labute approximate surface area is 146 Å². The SMILES string of the molecule is COc1cccc(CC(=O)N2CCc3c(cnc4cc(C)nn34)C2)c1. The van der Waals surface area contributed by atoms with Crippen LogP contribution in [0.5, 0.6) is 5.75 Å². The molecule has 4 rings (SSSR count). The van der Waals surface area contributed by atoms with Crippen LogP contribution in [-0.4, -0.2) is 39.1 Å². The van der Waals surface area contributed by atoms with Crippen LogP contribution in [-0.2, 0) is 24.2 Å². The first-order valence-electron chi connectivity index (χ1n) is 8.38. The number of carbonyl (C=O) groups is 1. The molecule has 1 amide bonds. The van der Waals surface area contributed by atoms with Crippen LogP contribution in [0.1, 0.15) is 22.5 Å². The lowest BCUT2D eigenvalue weighted by Crippen LogP contribution is -2.37. The van der Waals surface area contributed by atoms with Crippen molar-refractivity contribution in [3.63, 3.8) is 0 Å². The summed E-state index contributed by atoms with van der Waals surface area (Å²) in [5, 5.41) is 4.52. The monoisotopic (exact) mass is 336 g/mol. The van der Waals surface area contributed by atoms with Gasteiger partial charge in [-0.15, -0.1) is 0 Å². The van der Waals surface area contributed by atoms with E-state index in [1.807, 2.05) is 52.9 Å². The molecule has 3 aromatic rings. The van der Waals surface area contributed by atoms with Gasteiger partial charge in [0.15, 0.2) is 5.65 Å². The van der Waals surface area contributed by atoms with E-state index >= 15 is 0 Å². The zero-order valence-corrected chi connectivity index (χ0v) is 14.4. The highest BCUT2D eigenvalue weighted by molar-refractivity contribution is 5.79. The van der Waals surface area contributed by atoms with Gasteiger partial charge in [0.25, 0.3) is 0 Å². The van der Waals surface area contributed by atoms with Gasteiger partial charge in [0.1, 0.15) is 5.75 Å². The van der Waals surface area contributed by atoms with Gasteiger partial charge in [0.05, 0.1) is 24.9 Å². The summed E-state index contributed by atoms with van der Waals surface area (Å²) in [6.45, 7) is 3.25. The van der Waals surface area contributed by atoms with Crippen LogP contribution in [0.15, 0.2) is 36.5 Å². The van der Waals surface area contributed by atoms with Crippen molar-refractivity contribution in [2.24, 2.45) is 0 Å². The number of hydrogen-bond acceptors (Lipinski definition) is 4. The molecule has 0 saturated heterocycles. The van der Waals surface area contributed by atoms with Crippen molar-refractivity contribution in [3.8, 4) is 5.75 Å². The predicted octanol–water partition coefficient (Wildman–Crippen LogP) is 2.17. The molecule has 0 fully saturated rings. The molecule has 25 heavy (non-hydrogen) atoms. The third-order valence-corrected chi connectivity index (χ3v) is 4.61. The lowest BCUT2D eigenvalue weighted by Gasteiger charge is -2.29. The smallest absolute Gasteiger partial charge is 0.227 e. The van der Waals surface area contributed by atoms with E-state index in [2.05, 4.69) is 10.1 Å². The molecule has 0 bridgehead atoms. The van der Waals surface area contributed by atoms with Crippen molar-refractivity contribution >= 4 is 11.6 Å². The third-order valence-electron chi connectivity index (χ3n) is 4.61. The van der Waals surface area contributed by atoms with Crippen LogP contribution < -0.4 is 4.74 Å². The summed E-state index contributed by atoms with van der Waals surface area (Å²) in [7, 11) is 1.63. The fourth-order valence-electron chi connectivity index (χ4n) is 3.34. The van der Waals surface area contributed by atoms with E-state index in [-0.39, 0.29) is 5.91 Å². The molecule has 128 valence electrons. The van der Waals surface area contributed by atoms with Crippen molar-refractivity contribution in [1.29, 1.82) is 0 Å². The van der Waals surface area contributed by atoms with E-state index in [0.717, 1.165) is 40.3 Å². The van der Waals surface area contributed by atoms with Gasteiger partial charge in [0.2, 0.25) is 5.91 Å². The number of nitrogens with zero attached hydrogens (tertiary/aromatic N) is 4. The highest BCUT2D eigenvalue weighted by atomic mass is 16.5. The summed E-state index contributed by atoms with van der Waals surface area (Å²) >= 11 is 0. The zero-order valence-electron chi connectivity index (χ0n) is 14.4. The molecule has 0 spiro atoms. The van der Waals surface area contributed by atoms with E-state index in [0.29, 0.717) is 19.5 Å². The summed E-state index contributed by atoms with van der Waals surface area (Å²) in [6, 6.07) is 9.63. The fourth-order valence-corrected chi connectivity index (χ4v) is 3.34. The minimum atomic E-state index is 0.121.